The highest BCUT2D eigenvalue weighted by Crippen LogP contribution is 2.16. The van der Waals surface area contributed by atoms with Crippen LogP contribution in [0.5, 0.6) is 0 Å². The molecule has 0 fully saturated rings. The fraction of sp³-hybridized carbons (Fsp3) is 0. The lowest BCUT2D eigenvalue weighted by atomic mass is 9.93. The topological polar surface area (TPSA) is 67.3 Å². The van der Waals surface area contributed by atoms with Crippen LogP contribution in [0.25, 0.3) is 22.9 Å². The number of hydrogen-bond donors (Lipinski definition) is 1. The molecule has 0 amide bonds. The van der Waals surface area contributed by atoms with Gasteiger partial charge in [-0.25, -0.2) is 9.97 Å². The van der Waals surface area contributed by atoms with E-state index in [4.69, 9.17) is 15.7 Å². The SMILES string of the molecule is [B]c1ccnc(-c2cc([B])cc(-c3ncn[nH]3)n2)c1. The number of aromatic nitrogens is 5. The predicted molar refractivity (Wildman–Crippen MR) is 73.6 cm³/mol. The van der Waals surface area contributed by atoms with Crippen LogP contribution in [0.15, 0.2) is 36.8 Å². The lowest BCUT2D eigenvalue weighted by Crippen LogP contribution is -2.08. The monoisotopic (exact) mass is 243 g/mol. The van der Waals surface area contributed by atoms with Crippen molar-refractivity contribution in [2.75, 3.05) is 0 Å². The van der Waals surface area contributed by atoms with Crippen molar-refractivity contribution < 1.29 is 0 Å². The molecule has 0 bridgehead atoms. The smallest absolute Gasteiger partial charge is 0.174 e. The van der Waals surface area contributed by atoms with Crippen molar-refractivity contribution in [3.63, 3.8) is 0 Å². The van der Waals surface area contributed by atoms with Crippen LogP contribution in [0.4, 0.5) is 0 Å². The van der Waals surface area contributed by atoms with Gasteiger partial charge in [0, 0.05) is 6.20 Å². The molecular formula is C12H7B2N5. The summed E-state index contributed by atoms with van der Waals surface area (Å²) >= 11 is 0. The van der Waals surface area contributed by atoms with Gasteiger partial charge in [0.15, 0.2) is 5.82 Å². The Labute approximate surface area is 112 Å². The van der Waals surface area contributed by atoms with Crippen molar-refractivity contribution in [3.05, 3.63) is 36.8 Å². The number of nitrogens with zero attached hydrogens (tertiary/aromatic N) is 4. The van der Waals surface area contributed by atoms with Crippen molar-refractivity contribution in [2.24, 2.45) is 0 Å². The van der Waals surface area contributed by atoms with Gasteiger partial charge in [-0.2, -0.15) is 5.10 Å². The number of aromatic amines is 1. The minimum absolute atomic E-state index is 0.553. The largest absolute Gasteiger partial charge is 0.258 e. The van der Waals surface area contributed by atoms with Crippen LogP contribution < -0.4 is 10.9 Å². The van der Waals surface area contributed by atoms with Crippen LogP contribution >= 0.6 is 0 Å². The molecule has 0 unspecified atom stereocenters. The van der Waals surface area contributed by atoms with Gasteiger partial charge in [-0.15, -0.1) is 0 Å². The molecule has 19 heavy (non-hydrogen) atoms. The number of rotatable bonds is 2. The van der Waals surface area contributed by atoms with Crippen LogP contribution in [0.2, 0.25) is 0 Å². The molecule has 0 saturated carbocycles. The quantitative estimate of drug-likeness (QED) is 0.617. The average Bonchev–Trinajstić information content (AvgIpc) is 2.92. The number of nitrogens with one attached hydrogen (secondary N) is 1. The molecule has 0 aliphatic carbocycles. The Bertz CT molecular complexity index is 712. The maximum Gasteiger partial charge on any atom is 0.174 e. The van der Waals surface area contributed by atoms with Gasteiger partial charge in [-0.1, -0.05) is 17.0 Å². The van der Waals surface area contributed by atoms with E-state index in [1.165, 1.54) is 6.33 Å². The Kier molecular flexibility index (Phi) is 2.87. The maximum atomic E-state index is 5.88. The van der Waals surface area contributed by atoms with Crippen molar-refractivity contribution >= 4 is 26.6 Å². The molecule has 3 rings (SSSR count). The summed E-state index contributed by atoms with van der Waals surface area (Å²) in [7, 11) is 11.6. The van der Waals surface area contributed by atoms with Gasteiger partial charge in [0.05, 0.1) is 11.4 Å². The first-order valence-electron chi connectivity index (χ1n) is 5.57. The molecular weight excluding hydrogens is 236 g/mol. The molecule has 1 N–H and O–H groups in total. The number of H-pyrrole nitrogens is 1. The summed E-state index contributed by atoms with van der Waals surface area (Å²) in [4.78, 5) is 12.7. The van der Waals surface area contributed by atoms with E-state index in [9.17, 15) is 0 Å². The fourth-order valence-electron chi connectivity index (χ4n) is 1.72. The Balaban J connectivity index is 2.12. The summed E-state index contributed by atoms with van der Waals surface area (Å²) in [5.74, 6) is 0.553. The van der Waals surface area contributed by atoms with Crippen molar-refractivity contribution in [3.8, 4) is 22.9 Å². The van der Waals surface area contributed by atoms with E-state index >= 15 is 0 Å². The van der Waals surface area contributed by atoms with E-state index in [-0.39, 0.29) is 0 Å². The summed E-state index contributed by atoms with van der Waals surface area (Å²) in [5.41, 5.74) is 3.10. The molecule has 0 spiro atoms. The van der Waals surface area contributed by atoms with Crippen molar-refractivity contribution in [1.29, 1.82) is 0 Å². The zero-order valence-corrected chi connectivity index (χ0v) is 9.91. The third kappa shape index (κ3) is 2.40. The van der Waals surface area contributed by atoms with Gasteiger partial charge in [-0.05, 0) is 18.2 Å². The van der Waals surface area contributed by atoms with Crippen LogP contribution in [0, 0.1) is 0 Å². The van der Waals surface area contributed by atoms with Crippen LogP contribution in [-0.4, -0.2) is 40.8 Å². The van der Waals surface area contributed by atoms with Crippen LogP contribution in [0.1, 0.15) is 0 Å². The Hall–Kier alpha value is -2.43. The van der Waals surface area contributed by atoms with Gasteiger partial charge >= 0.3 is 0 Å². The average molecular weight is 243 g/mol. The number of hydrogen-bond acceptors (Lipinski definition) is 4. The van der Waals surface area contributed by atoms with E-state index in [0.717, 1.165) is 0 Å². The third-order valence-electron chi connectivity index (χ3n) is 2.55. The summed E-state index contributed by atoms with van der Waals surface area (Å²) in [5, 5.41) is 6.54. The lowest BCUT2D eigenvalue weighted by Gasteiger charge is -2.05. The second-order valence-corrected chi connectivity index (χ2v) is 3.98. The molecule has 4 radical (unpaired) electrons. The molecule has 86 valence electrons. The molecule has 3 aromatic rings. The van der Waals surface area contributed by atoms with Crippen molar-refractivity contribution in [1.82, 2.24) is 25.1 Å². The number of pyridine rings is 2. The van der Waals surface area contributed by atoms with Gasteiger partial charge in [-0.3, -0.25) is 10.1 Å². The summed E-state index contributed by atoms with van der Waals surface area (Å²) in [6.07, 6.45) is 3.04. The molecule has 3 aromatic heterocycles. The van der Waals surface area contributed by atoms with Crippen molar-refractivity contribution in [2.45, 2.75) is 0 Å². The van der Waals surface area contributed by atoms with E-state index < -0.39 is 0 Å². The Morgan fingerprint density at radius 1 is 0.895 bits per heavy atom. The standard InChI is InChI=1S/C12H7B2N5/c13-7-1-2-15-9(3-7)10-4-8(14)5-11(18-10)12-16-6-17-19-12/h1-6H,(H,16,17,19). The van der Waals surface area contributed by atoms with Gasteiger partial charge in [0.2, 0.25) is 0 Å². The third-order valence-corrected chi connectivity index (χ3v) is 2.55. The normalized spacial score (nSPS) is 10.5. The first-order chi connectivity index (χ1) is 9.22. The Morgan fingerprint density at radius 2 is 1.68 bits per heavy atom. The van der Waals surface area contributed by atoms with Gasteiger partial charge in [0.1, 0.15) is 27.7 Å². The molecule has 0 aliphatic rings. The minimum atomic E-state index is 0.553. The highest BCUT2D eigenvalue weighted by molar-refractivity contribution is 6.33. The zero-order chi connectivity index (χ0) is 13.2. The van der Waals surface area contributed by atoms with E-state index in [0.29, 0.717) is 33.8 Å². The summed E-state index contributed by atoms with van der Waals surface area (Å²) in [6.45, 7) is 0. The second kappa shape index (κ2) is 4.68. The second-order valence-electron chi connectivity index (χ2n) is 3.98. The van der Waals surface area contributed by atoms with Gasteiger partial charge in [0.25, 0.3) is 0 Å². The lowest BCUT2D eigenvalue weighted by molar-refractivity contribution is 1.09. The van der Waals surface area contributed by atoms with Gasteiger partial charge < -0.3 is 0 Å². The molecule has 0 atom stereocenters. The molecule has 5 nitrogen and oxygen atoms in total. The van der Waals surface area contributed by atoms with E-state index in [1.807, 2.05) is 0 Å². The first-order valence-corrected chi connectivity index (χ1v) is 5.57. The molecule has 7 heteroatoms. The molecule has 0 aliphatic heterocycles. The fourth-order valence-corrected chi connectivity index (χ4v) is 1.72. The maximum absolute atomic E-state index is 5.88. The van der Waals surface area contributed by atoms with E-state index in [2.05, 4.69) is 25.1 Å². The first kappa shape index (κ1) is 11.6. The van der Waals surface area contributed by atoms with Crippen LogP contribution in [-0.2, 0) is 0 Å². The zero-order valence-electron chi connectivity index (χ0n) is 9.91. The molecule has 3 heterocycles. The van der Waals surface area contributed by atoms with Crippen LogP contribution in [0.3, 0.4) is 0 Å². The highest BCUT2D eigenvalue weighted by atomic mass is 15.2. The van der Waals surface area contributed by atoms with E-state index in [1.54, 1.807) is 30.5 Å². The summed E-state index contributed by atoms with van der Waals surface area (Å²) < 4.78 is 0. The molecule has 0 saturated heterocycles. The summed E-state index contributed by atoms with van der Waals surface area (Å²) in [6, 6.07) is 6.91. The highest BCUT2D eigenvalue weighted by Gasteiger charge is 2.08. The molecule has 0 aromatic carbocycles. The predicted octanol–water partition coefficient (Wildman–Crippen LogP) is -0.484. The minimum Gasteiger partial charge on any atom is -0.258 e. The Morgan fingerprint density at radius 3 is 2.42 bits per heavy atom.